The summed E-state index contributed by atoms with van der Waals surface area (Å²) < 4.78 is 0. The van der Waals surface area contributed by atoms with Gasteiger partial charge in [0, 0.05) is 46.2 Å². The number of aromatic nitrogens is 1. The summed E-state index contributed by atoms with van der Waals surface area (Å²) in [7, 11) is 0. The number of H-pyrrole nitrogens is 1. The van der Waals surface area contributed by atoms with Crippen molar-refractivity contribution in [1.29, 1.82) is 0 Å². The Balaban J connectivity index is 1.31. The fourth-order valence-corrected chi connectivity index (χ4v) is 5.03. The number of nitrogens with one attached hydrogen (secondary N) is 3. The van der Waals surface area contributed by atoms with Crippen LogP contribution in [-0.4, -0.2) is 47.9 Å². The molecule has 2 aromatic carbocycles. The van der Waals surface area contributed by atoms with Crippen molar-refractivity contribution in [2.75, 3.05) is 31.5 Å². The van der Waals surface area contributed by atoms with Crippen molar-refractivity contribution in [2.24, 2.45) is 0 Å². The molecule has 3 heterocycles. The number of para-hydroxylation sites is 1. The Hall–Kier alpha value is -3.03. The van der Waals surface area contributed by atoms with Gasteiger partial charge in [-0.3, -0.25) is 9.59 Å². The number of fused-ring (bicyclic) bond motifs is 2. The Bertz CT molecular complexity index is 1180. The number of carbonyl (C=O) groups is 2. The number of nitrogens with zero attached hydrogens (tertiary/aromatic N) is 1. The van der Waals surface area contributed by atoms with Gasteiger partial charge in [0.05, 0.1) is 10.6 Å². The van der Waals surface area contributed by atoms with E-state index in [4.69, 9.17) is 0 Å². The number of anilines is 1. The number of likely N-dealkylation sites (tertiary alicyclic amines) is 1. The van der Waals surface area contributed by atoms with Gasteiger partial charge in [-0.25, -0.2) is 0 Å². The molecular formula is C24H24N4O2S. The molecule has 31 heavy (non-hydrogen) atoms. The zero-order chi connectivity index (χ0) is 21.2. The van der Waals surface area contributed by atoms with Crippen LogP contribution in [0, 0.1) is 0 Å². The van der Waals surface area contributed by atoms with E-state index in [0.717, 1.165) is 46.7 Å². The summed E-state index contributed by atoms with van der Waals surface area (Å²) in [4.78, 5) is 32.3. The van der Waals surface area contributed by atoms with Gasteiger partial charge in [-0.15, -0.1) is 0 Å². The zero-order valence-electron chi connectivity index (χ0n) is 17.1. The molecule has 2 aliphatic rings. The van der Waals surface area contributed by atoms with E-state index in [9.17, 15) is 9.59 Å². The lowest BCUT2D eigenvalue weighted by molar-refractivity contribution is -0.112. The lowest BCUT2D eigenvalue weighted by Gasteiger charge is -2.18. The third kappa shape index (κ3) is 4.24. The number of aromatic amines is 1. The number of hydrogen-bond donors (Lipinski definition) is 3. The highest BCUT2D eigenvalue weighted by molar-refractivity contribution is 8.04. The highest BCUT2D eigenvalue weighted by Crippen LogP contribution is 2.39. The molecule has 0 aliphatic carbocycles. The molecule has 0 radical (unpaired) electrons. The third-order valence-corrected chi connectivity index (χ3v) is 6.85. The molecule has 0 spiro atoms. The van der Waals surface area contributed by atoms with Gasteiger partial charge < -0.3 is 20.5 Å². The maximum atomic E-state index is 12.5. The van der Waals surface area contributed by atoms with Gasteiger partial charge in [0.15, 0.2) is 0 Å². The van der Waals surface area contributed by atoms with Crippen molar-refractivity contribution in [3.8, 4) is 0 Å². The minimum absolute atomic E-state index is 0.0607. The number of thioether (sulfide) groups is 1. The number of hydrogen-bond acceptors (Lipinski definition) is 4. The summed E-state index contributed by atoms with van der Waals surface area (Å²) in [6, 6.07) is 13.4. The summed E-state index contributed by atoms with van der Waals surface area (Å²) >= 11 is 1.47. The highest BCUT2D eigenvalue weighted by Gasteiger charge is 2.21. The van der Waals surface area contributed by atoms with Crippen LogP contribution in [0.25, 0.3) is 17.0 Å². The molecule has 1 aromatic heterocycles. The fraction of sp³-hybridized carbons (Fsp3) is 0.250. The maximum absolute atomic E-state index is 12.5. The number of benzene rings is 2. The van der Waals surface area contributed by atoms with Crippen LogP contribution in [-0.2, 0) is 4.79 Å². The average Bonchev–Trinajstić information content (AvgIpc) is 3.44. The van der Waals surface area contributed by atoms with E-state index in [0.29, 0.717) is 17.0 Å². The van der Waals surface area contributed by atoms with Crippen LogP contribution in [0.2, 0.25) is 0 Å². The highest BCUT2D eigenvalue weighted by atomic mass is 32.2. The zero-order valence-corrected chi connectivity index (χ0v) is 17.9. The Labute approximate surface area is 185 Å². The predicted octanol–water partition coefficient (Wildman–Crippen LogP) is 4.08. The molecule has 0 bridgehead atoms. The van der Waals surface area contributed by atoms with Crippen LogP contribution in [0.4, 0.5) is 5.69 Å². The molecule has 0 atom stereocenters. The van der Waals surface area contributed by atoms with Gasteiger partial charge in [-0.05, 0) is 56.3 Å². The molecule has 1 fully saturated rings. The summed E-state index contributed by atoms with van der Waals surface area (Å²) in [6.07, 6.45) is 6.27. The van der Waals surface area contributed by atoms with Crippen molar-refractivity contribution in [3.05, 3.63) is 64.7 Å². The third-order valence-electron chi connectivity index (χ3n) is 5.75. The molecule has 3 N–H and O–H groups in total. The second kappa shape index (κ2) is 8.61. The molecule has 2 aliphatic heterocycles. The van der Waals surface area contributed by atoms with Gasteiger partial charge in [0.2, 0.25) is 0 Å². The SMILES string of the molecule is O=C1Nc2ccccc2S/C1=C\c1c[nH]c2cc(C(=O)NCCN3CCCC3)ccc12. The number of rotatable bonds is 5. The van der Waals surface area contributed by atoms with Crippen molar-refractivity contribution in [1.82, 2.24) is 15.2 Å². The van der Waals surface area contributed by atoms with Crippen LogP contribution >= 0.6 is 11.8 Å². The Morgan fingerprint density at radius 3 is 2.87 bits per heavy atom. The molecular weight excluding hydrogens is 408 g/mol. The van der Waals surface area contributed by atoms with E-state index in [1.807, 2.05) is 54.7 Å². The maximum Gasteiger partial charge on any atom is 0.262 e. The first kappa shape index (κ1) is 19.9. The van der Waals surface area contributed by atoms with E-state index in [1.54, 1.807) is 0 Å². The lowest BCUT2D eigenvalue weighted by atomic mass is 10.1. The Morgan fingerprint density at radius 2 is 2.00 bits per heavy atom. The molecule has 158 valence electrons. The van der Waals surface area contributed by atoms with E-state index in [2.05, 4.69) is 20.5 Å². The summed E-state index contributed by atoms with van der Waals surface area (Å²) in [5.74, 6) is -0.165. The normalized spacial score (nSPS) is 17.7. The smallest absolute Gasteiger partial charge is 0.262 e. The Kier molecular flexibility index (Phi) is 5.53. The number of carbonyl (C=O) groups excluding carboxylic acids is 2. The van der Waals surface area contributed by atoms with E-state index in [1.165, 1.54) is 24.6 Å². The van der Waals surface area contributed by atoms with Crippen LogP contribution in [0.1, 0.15) is 28.8 Å². The first-order chi connectivity index (χ1) is 15.2. The molecule has 1 saturated heterocycles. The summed E-state index contributed by atoms with van der Waals surface area (Å²) in [6.45, 7) is 3.82. The van der Waals surface area contributed by atoms with Gasteiger partial charge in [-0.2, -0.15) is 0 Å². The lowest BCUT2D eigenvalue weighted by Crippen LogP contribution is -2.33. The van der Waals surface area contributed by atoms with Crippen molar-refractivity contribution < 1.29 is 9.59 Å². The van der Waals surface area contributed by atoms with Gasteiger partial charge in [0.25, 0.3) is 11.8 Å². The first-order valence-corrected chi connectivity index (χ1v) is 11.4. The van der Waals surface area contributed by atoms with Crippen LogP contribution < -0.4 is 10.6 Å². The van der Waals surface area contributed by atoms with E-state index in [-0.39, 0.29) is 11.8 Å². The largest absolute Gasteiger partial charge is 0.361 e. The van der Waals surface area contributed by atoms with Crippen molar-refractivity contribution in [2.45, 2.75) is 17.7 Å². The quantitative estimate of drug-likeness (QED) is 0.531. The van der Waals surface area contributed by atoms with Gasteiger partial charge in [0.1, 0.15) is 0 Å². The first-order valence-electron chi connectivity index (χ1n) is 10.6. The van der Waals surface area contributed by atoms with Crippen molar-refractivity contribution >= 4 is 46.2 Å². The predicted molar refractivity (Wildman–Crippen MR) is 125 cm³/mol. The summed E-state index contributed by atoms with van der Waals surface area (Å²) in [5, 5.41) is 6.94. The fourth-order valence-electron chi connectivity index (χ4n) is 4.09. The van der Waals surface area contributed by atoms with Crippen LogP contribution in [0.5, 0.6) is 0 Å². The van der Waals surface area contributed by atoms with E-state index < -0.39 is 0 Å². The Morgan fingerprint density at radius 1 is 1.16 bits per heavy atom. The second-order valence-corrected chi connectivity index (χ2v) is 8.95. The molecule has 6 nitrogen and oxygen atoms in total. The average molecular weight is 433 g/mol. The minimum Gasteiger partial charge on any atom is -0.361 e. The van der Waals surface area contributed by atoms with E-state index >= 15 is 0 Å². The molecule has 7 heteroatoms. The minimum atomic E-state index is -0.105. The monoisotopic (exact) mass is 432 g/mol. The standard InChI is InChI=1S/C24H24N4O2S/c29-23(25-9-12-28-10-3-4-11-28)16-7-8-18-17(15-26-20(18)13-16)14-22-24(30)27-19-5-1-2-6-21(19)31-22/h1-2,5-8,13-15,26H,3-4,9-12H2,(H,25,29)(H,27,30)/b22-14-. The second-order valence-electron chi connectivity index (χ2n) is 7.87. The van der Waals surface area contributed by atoms with Crippen molar-refractivity contribution in [3.63, 3.8) is 0 Å². The molecule has 2 amide bonds. The van der Waals surface area contributed by atoms with Crippen LogP contribution in [0.15, 0.2) is 58.5 Å². The number of amides is 2. The molecule has 5 rings (SSSR count). The van der Waals surface area contributed by atoms with Gasteiger partial charge in [-0.1, -0.05) is 30.0 Å². The molecule has 3 aromatic rings. The summed E-state index contributed by atoms with van der Waals surface area (Å²) in [5.41, 5.74) is 3.27. The van der Waals surface area contributed by atoms with Gasteiger partial charge >= 0.3 is 0 Å². The molecule has 0 unspecified atom stereocenters. The molecule has 0 saturated carbocycles. The topological polar surface area (TPSA) is 77.2 Å². The van der Waals surface area contributed by atoms with Crippen LogP contribution in [0.3, 0.4) is 0 Å².